The van der Waals surface area contributed by atoms with Gasteiger partial charge in [-0.25, -0.2) is 9.48 Å². The van der Waals surface area contributed by atoms with Crippen molar-refractivity contribution in [3.05, 3.63) is 70.6 Å². The van der Waals surface area contributed by atoms with Crippen molar-refractivity contribution < 1.29 is 13.9 Å². The van der Waals surface area contributed by atoms with E-state index in [4.69, 9.17) is 21.4 Å². The third kappa shape index (κ3) is 4.25. The van der Waals surface area contributed by atoms with Crippen LogP contribution in [0.4, 0.5) is 0 Å². The van der Waals surface area contributed by atoms with Crippen LogP contribution in [0.3, 0.4) is 0 Å². The summed E-state index contributed by atoms with van der Waals surface area (Å²) in [5.41, 5.74) is 2.49. The standard InChI is InChI=1S/C19H19N3O3S/c1-21(12-14-8-10-16(11-9-14)18(23)24-2)13-22-19(26)25-17(20-22)15-6-4-3-5-7-15/h3-11H,12-13H2,1-2H3. The van der Waals surface area contributed by atoms with Crippen molar-refractivity contribution in [2.75, 3.05) is 14.2 Å². The fourth-order valence-corrected chi connectivity index (χ4v) is 2.72. The van der Waals surface area contributed by atoms with Crippen molar-refractivity contribution in [3.8, 4) is 11.5 Å². The molecule has 7 heteroatoms. The Kier molecular flexibility index (Phi) is 5.60. The number of methoxy groups -OCH3 is 1. The van der Waals surface area contributed by atoms with E-state index in [1.807, 2.05) is 49.5 Å². The van der Waals surface area contributed by atoms with Crippen LogP contribution in [-0.2, 0) is 18.0 Å². The Hall–Kier alpha value is -2.77. The smallest absolute Gasteiger partial charge is 0.337 e. The minimum atomic E-state index is -0.341. The molecule has 1 heterocycles. The molecule has 0 aliphatic rings. The summed E-state index contributed by atoms with van der Waals surface area (Å²) in [6.07, 6.45) is 0. The number of hydrogen-bond donors (Lipinski definition) is 0. The quantitative estimate of drug-likeness (QED) is 0.487. The fourth-order valence-electron chi connectivity index (χ4n) is 2.55. The van der Waals surface area contributed by atoms with Crippen LogP contribution in [0, 0.1) is 4.84 Å². The monoisotopic (exact) mass is 369 g/mol. The molecule has 0 fully saturated rings. The minimum Gasteiger partial charge on any atom is -0.465 e. The van der Waals surface area contributed by atoms with Crippen molar-refractivity contribution in [1.29, 1.82) is 0 Å². The molecule has 3 rings (SSSR count). The minimum absolute atomic E-state index is 0.330. The molecule has 0 N–H and O–H groups in total. The Morgan fingerprint density at radius 2 is 1.88 bits per heavy atom. The molecule has 3 aromatic rings. The number of nitrogens with zero attached hydrogens (tertiary/aromatic N) is 3. The number of carbonyl (C=O) groups is 1. The van der Waals surface area contributed by atoms with Crippen LogP contribution < -0.4 is 0 Å². The lowest BCUT2D eigenvalue weighted by molar-refractivity contribution is 0.0600. The molecule has 0 radical (unpaired) electrons. The van der Waals surface area contributed by atoms with Gasteiger partial charge in [0.2, 0.25) is 5.89 Å². The highest BCUT2D eigenvalue weighted by Gasteiger charge is 2.10. The molecule has 26 heavy (non-hydrogen) atoms. The average Bonchev–Trinajstić information content (AvgIpc) is 3.03. The maximum atomic E-state index is 11.5. The molecular weight excluding hydrogens is 350 g/mol. The first-order valence-electron chi connectivity index (χ1n) is 8.06. The van der Waals surface area contributed by atoms with Crippen molar-refractivity contribution in [2.45, 2.75) is 13.2 Å². The van der Waals surface area contributed by atoms with Crippen LogP contribution in [0.15, 0.2) is 59.0 Å². The molecule has 0 amide bonds. The van der Waals surface area contributed by atoms with Gasteiger partial charge in [0.25, 0.3) is 4.84 Å². The zero-order valence-electron chi connectivity index (χ0n) is 14.6. The summed E-state index contributed by atoms with van der Waals surface area (Å²) in [5.74, 6) is 0.165. The van der Waals surface area contributed by atoms with E-state index in [2.05, 4.69) is 10.00 Å². The normalized spacial score (nSPS) is 10.9. The molecule has 0 aliphatic heterocycles. The SMILES string of the molecule is COC(=O)c1ccc(CN(C)Cn2nc(-c3ccccc3)oc2=S)cc1. The Balaban J connectivity index is 1.67. The number of esters is 1. The maximum absolute atomic E-state index is 11.5. The summed E-state index contributed by atoms with van der Waals surface area (Å²) in [7, 11) is 3.34. The molecule has 0 unspecified atom stereocenters. The fraction of sp³-hybridized carbons (Fsp3) is 0.211. The summed E-state index contributed by atoms with van der Waals surface area (Å²) in [6, 6.07) is 17.0. The lowest BCUT2D eigenvalue weighted by Crippen LogP contribution is -2.22. The molecule has 0 saturated carbocycles. The van der Waals surface area contributed by atoms with Gasteiger partial charge in [-0.2, -0.15) is 0 Å². The highest BCUT2D eigenvalue weighted by molar-refractivity contribution is 7.71. The van der Waals surface area contributed by atoms with Gasteiger partial charge in [-0.05, 0) is 49.1 Å². The maximum Gasteiger partial charge on any atom is 0.337 e. The van der Waals surface area contributed by atoms with Gasteiger partial charge in [-0.1, -0.05) is 30.3 Å². The molecule has 0 saturated heterocycles. The molecule has 134 valence electrons. The molecule has 6 nitrogen and oxygen atoms in total. The largest absolute Gasteiger partial charge is 0.465 e. The highest BCUT2D eigenvalue weighted by Crippen LogP contribution is 2.17. The van der Waals surface area contributed by atoms with E-state index in [0.29, 0.717) is 29.5 Å². The van der Waals surface area contributed by atoms with E-state index in [1.165, 1.54) is 7.11 Å². The molecular formula is C19H19N3O3S. The van der Waals surface area contributed by atoms with Gasteiger partial charge in [-0.15, -0.1) is 5.10 Å². The van der Waals surface area contributed by atoms with E-state index in [0.717, 1.165) is 11.1 Å². The average molecular weight is 369 g/mol. The molecule has 0 bridgehead atoms. The summed E-state index contributed by atoms with van der Waals surface area (Å²) < 4.78 is 12.0. The second-order valence-corrected chi connectivity index (χ2v) is 6.23. The summed E-state index contributed by atoms with van der Waals surface area (Å²) in [5, 5.41) is 4.45. The predicted molar refractivity (Wildman–Crippen MR) is 100 cm³/mol. The number of carbonyl (C=O) groups excluding carboxylic acids is 1. The van der Waals surface area contributed by atoms with Crippen LogP contribution in [0.5, 0.6) is 0 Å². The summed E-state index contributed by atoms with van der Waals surface area (Å²) >= 11 is 5.27. The Morgan fingerprint density at radius 3 is 2.54 bits per heavy atom. The summed E-state index contributed by atoms with van der Waals surface area (Å²) in [4.78, 5) is 13.9. The van der Waals surface area contributed by atoms with E-state index in [9.17, 15) is 4.79 Å². The lowest BCUT2D eigenvalue weighted by Gasteiger charge is -2.16. The molecule has 0 atom stereocenters. The van der Waals surface area contributed by atoms with E-state index >= 15 is 0 Å². The van der Waals surface area contributed by atoms with Crippen LogP contribution in [-0.4, -0.2) is 34.8 Å². The second-order valence-electron chi connectivity index (χ2n) is 5.88. The van der Waals surface area contributed by atoms with Crippen molar-refractivity contribution >= 4 is 18.2 Å². The van der Waals surface area contributed by atoms with Gasteiger partial charge < -0.3 is 9.15 Å². The highest BCUT2D eigenvalue weighted by atomic mass is 32.1. The Morgan fingerprint density at radius 1 is 1.19 bits per heavy atom. The van der Waals surface area contributed by atoms with Crippen LogP contribution >= 0.6 is 12.2 Å². The van der Waals surface area contributed by atoms with Gasteiger partial charge in [0, 0.05) is 12.1 Å². The number of aromatic nitrogens is 2. The number of benzene rings is 2. The van der Waals surface area contributed by atoms with Crippen LogP contribution in [0.25, 0.3) is 11.5 Å². The van der Waals surface area contributed by atoms with Gasteiger partial charge >= 0.3 is 5.97 Å². The zero-order valence-corrected chi connectivity index (χ0v) is 15.4. The van der Waals surface area contributed by atoms with Crippen molar-refractivity contribution in [2.24, 2.45) is 0 Å². The first kappa shape index (κ1) is 18.0. The molecule has 0 aliphatic carbocycles. The van der Waals surface area contributed by atoms with E-state index < -0.39 is 0 Å². The Labute approximate surface area is 156 Å². The zero-order chi connectivity index (χ0) is 18.5. The van der Waals surface area contributed by atoms with Crippen molar-refractivity contribution in [1.82, 2.24) is 14.7 Å². The predicted octanol–water partition coefficient (Wildman–Crippen LogP) is 3.75. The van der Waals surface area contributed by atoms with Crippen molar-refractivity contribution in [3.63, 3.8) is 0 Å². The third-order valence-corrected chi connectivity index (χ3v) is 4.12. The Bertz CT molecular complexity index is 933. The van der Waals surface area contributed by atoms with Gasteiger partial charge in [0.1, 0.15) is 0 Å². The van der Waals surface area contributed by atoms with E-state index in [1.54, 1.807) is 16.8 Å². The van der Waals surface area contributed by atoms with Gasteiger partial charge in [0.05, 0.1) is 19.3 Å². The topological polar surface area (TPSA) is 60.5 Å². The first-order chi connectivity index (χ1) is 12.6. The number of hydrogen-bond acceptors (Lipinski definition) is 6. The van der Waals surface area contributed by atoms with Gasteiger partial charge in [-0.3, -0.25) is 4.90 Å². The van der Waals surface area contributed by atoms with Crippen LogP contribution in [0.2, 0.25) is 0 Å². The van der Waals surface area contributed by atoms with E-state index in [-0.39, 0.29) is 5.97 Å². The molecule has 0 spiro atoms. The number of ether oxygens (including phenoxy) is 1. The van der Waals surface area contributed by atoms with Crippen LogP contribution in [0.1, 0.15) is 15.9 Å². The summed E-state index contributed by atoms with van der Waals surface area (Å²) in [6.45, 7) is 1.17. The lowest BCUT2D eigenvalue weighted by atomic mass is 10.1. The molecule has 2 aromatic carbocycles. The number of rotatable bonds is 6. The second kappa shape index (κ2) is 8.07. The molecule has 1 aromatic heterocycles. The first-order valence-corrected chi connectivity index (χ1v) is 8.47. The van der Waals surface area contributed by atoms with Gasteiger partial charge in [0.15, 0.2) is 0 Å². The third-order valence-electron chi connectivity index (χ3n) is 3.83.